The van der Waals surface area contributed by atoms with Crippen LogP contribution in [-0.4, -0.2) is 28.3 Å². The van der Waals surface area contributed by atoms with Crippen molar-refractivity contribution < 1.29 is 9.53 Å². The summed E-state index contributed by atoms with van der Waals surface area (Å²) >= 11 is 23.9. The molecule has 0 bridgehead atoms. The van der Waals surface area contributed by atoms with Crippen LogP contribution in [0.3, 0.4) is 0 Å². The molecule has 1 N–H and O–H groups in total. The van der Waals surface area contributed by atoms with Crippen LogP contribution in [-0.2, 0) is 9.53 Å². The molecule has 0 radical (unpaired) electrons. The zero-order valence-electron chi connectivity index (χ0n) is 13.8. The minimum Gasteiger partial charge on any atom is -0.461 e. The lowest BCUT2D eigenvalue weighted by Crippen LogP contribution is -2.25. The summed E-state index contributed by atoms with van der Waals surface area (Å²) in [5.41, 5.74) is 3.51. The van der Waals surface area contributed by atoms with Gasteiger partial charge < -0.3 is 10.2 Å². The van der Waals surface area contributed by atoms with Gasteiger partial charge in [-0.25, -0.2) is 14.8 Å². The molecule has 1 atom stereocenters. The van der Waals surface area contributed by atoms with Crippen LogP contribution >= 0.6 is 46.4 Å². The minimum absolute atomic E-state index is 0.0522. The predicted octanol–water partition coefficient (Wildman–Crippen LogP) is 4.71. The molecule has 1 heterocycles. The van der Waals surface area contributed by atoms with Gasteiger partial charge in [0.15, 0.2) is 10.9 Å². The standard InChI is InChI=1S/C16H14Cl4N4O2/c1-3-26-16(25)14(13-15(20)22-12(19)7-21-13)24-23-8(2)10-5-4-9(17)6-11(10)18/h4-8,23H,3H2,1-2H3/b24-14+. The number of hydrogen-bond acceptors (Lipinski definition) is 6. The summed E-state index contributed by atoms with van der Waals surface area (Å²) in [6, 6.07) is 4.76. The molecule has 0 fully saturated rings. The van der Waals surface area contributed by atoms with E-state index in [0.717, 1.165) is 5.56 Å². The zero-order chi connectivity index (χ0) is 19.3. The number of rotatable bonds is 6. The number of halogens is 4. The summed E-state index contributed by atoms with van der Waals surface area (Å²) in [7, 11) is 0. The Bertz CT molecular complexity index is 845. The highest BCUT2D eigenvalue weighted by Crippen LogP contribution is 2.26. The first kappa shape index (κ1) is 20.7. The SMILES string of the molecule is CCOC(=O)/C(=N/NC(C)c1ccc(Cl)cc1Cl)c1ncc(Cl)nc1Cl. The van der Waals surface area contributed by atoms with Crippen molar-refractivity contribution in [1.29, 1.82) is 0 Å². The first-order chi connectivity index (χ1) is 12.3. The molecule has 1 unspecified atom stereocenters. The third kappa shape index (κ3) is 5.20. The van der Waals surface area contributed by atoms with E-state index < -0.39 is 5.97 Å². The van der Waals surface area contributed by atoms with Gasteiger partial charge in [0.05, 0.1) is 18.8 Å². The van der Waals surface area contributed by atoms with Crippen molar-refractivity contribution in [2.75, 3.05) is 6.61 Å². The number of carbonyl (C=O) groups is 1. The highest BCUT2D eigenvalue weighted by Gasteiger charge is 2.22. The lowest BCUT2D eigenvalue weighted by molar-refractivity contribution is -0.135. The summed E-state index contributed by atoms with van der Waals surface area (Å²) in [5.74, 6) is -0.701. The molecule has 26 heavy (non-hydrogen) atoms. The summed E-state index contributed by atoms with van der Waals surface area (Å²) in [4.78, 5) is 20.1. The third-order valence-corrected chi connectivity index (χ3v) is 4.20. The van der Waals surface area contributed by atoms with Crippen molar-refractivity contribution in [3.8, 4) is 0 Å². The predicted molar refractivity (Wildman–Crippen MR) is 103 cm³/mol. The van der Waals surface area contributed by atoms with Crippen LogP contribution in [0.25, 0.3) is 0 Å². The van der Waals surface area contributed by atoms with Gasteiger partial charge in [0.2, 0.25) is 0 Å². The molecule has 1 aromatic heterocycles. The summed E-state index contributed by atoms with van der Waals surface area (Å²) < 4.78 is 5.01. The van der Waals surface area contributed by atoms with Gasteiger partial charge in [0.1, 0.15) is 10.8 Å². The van der Waals surface area contributed by atoms with Crippen molar-refractivity contribution >= 4 is 58.1 Å². The van der Waals surface area contributed by atoms with Crippen LogP contribution in [0.5, 0.6) is 0 Å². The first-order valence-electron chi connectivity index (χ1n) is 7.47. The third-order valence-electron chi connectivity index (χ3n) is 3.19. The fraction of sp³-hybridized carbons (Fsp3) is 0.250. The lowest BCUT2D eigenvalue weighted by Gasteiger charge is -2.15. The van der Waals surface area contributed by atoms with Gasteiger partial charge in [0, 0.05) is 10.0 Å². The van der Waals surface area contributed by atoms with E-state index in [1.165, 1.54) is 6.20 Å². The van der Waals surface area contributed by atoms with Crippen LogP contribution in [0.4, 0.5) is 0 Å². The second-order valence-electron chi connectivity index (χ2n) is 5.03. The molecular formula is C16H14Cl4N4O2. The normalized spacial score (nSPS) is 12.6. The van der Waals surface area contributed by atoms with Gasteiger partial charge >= 0.3 is 5.97 Å². The molecule has 0 amide bonds. The molecule has 6 nitrogen and oxygen atoms in total. The van der Waals surface area contributed by atoms with Crippen LogP contribution in [0.1, 0.15) is 31.1 Å². The summed E-state index contributed by atoms with van der Waals surface area (Å²) in [6.45, 7) is 3.65. The Hall–Kier alpha value is -1.60. The van der Waals surface area contributed by atoms with E-state index in [2.05, 4.69) is 20.5 Å². The van der Waals surface area contributed by atoms with Crippen molar-refractivity contribution in [3.05, 3.63) is 56.0 Å². The Labute approximate surface area is 170 Å². The fourth-order valence-electron chi connectivity index (χ4n) is 1.98. The van der Waals surface area contributed by atoms with Crippen molar-refractivity contribution in [2.24, 2.45) is 5.10 Å². The quantitative estimate of drug-likeness (QED) is 0.404. The lowest BCUT2D eigenvalue weighted by atomic mass is 10.1. The van der Waals surface area contributed by atoms with Crippen LogP contribution in [0.15, 0.2) is 29.5 Å². The van der Waals surface area contributed by atoms with Gasteiger partial charge in [-0.3, -0.25) is 0 Å². The van der Waals surface area contributed by atoms with E-state index in [4.69, 9.17) is 51.1 Å². The van der Waals surface area contributed by atoms with E-state index in [1.54, 1.807) is 25.1 Å². The summed E-state index contributed by atoms with van der Waals surface area (Å²) in [5, 5.41) is 5.13. The van der Waals surface area contributed by atoms with E-state index >= 15 is 0 Å². The molecule has 138 valence electrons. The highest BCUT2D eigenvalue weighted by molar-refractivity contribution is 6.46. The van der Waals surface area contributed by atoms with Gasteiger partial charge in [-0.1, -0.05) is 52.5 Å². The average molecular weight is 436 g/mol. The molecule has 0 saturated heterocycles. The molecule has 0 aliphatic rings. The number of aromatic nitrogens is 2. The highest BCUT2D eigenvalue weighted by atomic mass is 35.5. The molecule has 0 spiro atoms. The number of ether oxygens (including phenoxy) is 1. The summed E-state index contributed by atoms with van der Waals surface area (Å²) in [6.07, 6.45) is 1.26. The Morgan fingerprint density at radius 2 is 2.04 bits per heavy atom. The Morgan fingerprint density at radius 3 is 2.65 bits per heavy atom. The number of hydrogen-bond donors (Lipinski definition) is 1. The molecule has 2 aromatic rings. The number of nitrogens with zero attached hydrogens (tertiary/aromatic N) is 3. The second kappa shape index (κ2) is 9.37. The Morgan fingerprint density at radius 1 is 1.31 bits per heavy atom. The van der Waals surface area contributed by atoms with Gasteiger partial charge in [-0.05, 0) is 31.5 Å². The minimum atomic E-state index is -0.701. The van der Waals surface area contributed by atoms with E-state index in [-0.39, 0.29) is 34.4 Å². The van der Waals surface area contributed by atoms with Crippen molar-refractivity contribution in [2.45, 2.75) is 19.9 Å². The van der Waals surface area contributed by atoms with Gasteiger partial charge in [-0.15, -0.1) is 0 Å². The van der Waals surface area contributed by atoms with Crippen molar-refractivity contribution in [1.82, 2.24) is 15.4 Å². The molecule has 10 heteroatoms. The topological polar surface area (TPSA) is 76.5 Å². The second-order valence-corrected chi connectivity index (χ2v) is 6.62. The molecule has 0 aliphatic carbocycles. The smallest absolute Gasteiger partial charge is 0.361 e. The van der Waals surface area contributed by atoms with Crippen LogP contribution < -0.4 is 5.43 Å². The average Bonchev–Trinajstić information content (AvgIpc) is 2.56. The number of esters is 1. The zero-order valence-corrected chi connectivity index (χ0v) is 16.8. The molecule has 0 aliphatic heterocycles. The van der Waals surface area contributed by atoms with Crippen molar-refractivity contribution in [3.63, 3.8) is 0 Å². The molecule has 1 aromatic carbocycles. The van der Waals surface area contributed by atoms with Gasteiger partial charge in [0.25, 0.3) is 0 Å². The van der Waals surface area contributed by atoms with Crippen LogP contribution in [0, 0.1) is 0 Å². The molecule has 2 rings (SSSR count). The maximum atomic E-state index is 12.2. The maximum absolute atomic E-state index is 12.2. The van der Waals surface area contributed by atoms with E-state index in [9.17, 15) is 4.79 Å². The van der Waals surface area contributed by atoms with E-state index in [1.807, 2.05) is 6.92 Å². The number of hydrazone groups is 1. The van der Waals surface area contributed by atoms with Gasteiger partial charge in [-0.2, -0.15) is 5.10 Å². The Kier molecular flexibility index (Phi) is 7.46. The Balaban J connectivity index is 2.34. The monoisotopic (exact) mass is 434 g/mol. The molecular weight excluding hydrogens is 422 g/mol. The van der Waals surface area contributed by atoms with Crippen LogP contribution in [0.2, 0.25) is 20.4 Å². The van der Waals surface area contributed by atoms with E-state index in [0.29, 0.717) is 10.0 Å². The number of nitrogens with one attached hydrogen (secondary N) is 1. The number of carbonyl (C=O) groups excluding carboxylic acids is 1. The molecule has 0 saturated carbocycles. The first-order valence-corrected chi connectivity index (χ1v) is 8.98. The maximum Gasteiger partial charge on any atom is 0.361 e. The fourth-order valence-corrected chi connectivity index (χ4v) is 2.96. The largest absolute Gasteiger partial charge is 0.461 e. The number of benzene rings is 1.